The van der Waals surface area contributed by atoms with Crippen molar-refractivity contribution in [2.24, 2.45) is 11.5 Å². The quantitative estimate of drug-likeness (QED) is 0.116. The number of carbonyl (C=O) groups excluding carboxylic acids is 2. The average molecular weight is 695 g/mol. The number of esters is 2. The van der Waals surface area contributed by atoms with Gasteiger partial charge in [-0.3, -0.25) is 4.79 Å². The molecule has 0 amide bonds. The lowest BCUT2D eigenvalue weighted by atomic mass is 9.83. The number of rotatable bonds is 11. The number of carbonyl (C=O) groups is 3. The molecule has 0 fully saturated rings. The van der Waals surface area contributed by atoms with Crippen molar-refractivity contribution in [3.63, 3.8) is 0 Å². The van der Waals surface area contributed by atoms with Gasteiger partial charge in [-0.25, -0.2) is 9.59 Å². The van der Waals surface area contributed by atoms with Gasteiger partial charge in [0.05, 0.1) is 11.1 Å². The number of halogens is 6. The van der Waals surface area contributed by atoms with Gasteiger partial charge in [0.2, 0.25) is 5.54 Å². The summed E-state index contributed by atoms with van der Waals surface area (Å²) in [6.07, 6.45) is -12.7. The number of carboxylic acids is 1. The first-order chi connectivity index (χ1) is 22.5. The van der Waals surface area contributed by atoms with E-state index in [1.54, 1.807) is 0 Å². The van der Waals surface area contributed by atoms with Gasteiger partial charge in [-0.05, 0) is 86.1 Å². The normalized spacial score (nSPS) is 15.8. The first-order valence-electron chi connectivity index (χ1n) is 15.2. The Bertz CT molecular complexity index is 1660. The molecule has 2 atom stereocenters. The largest absolute Gasteiger partial charge is 0.479 e. The zero-order chi connectivity index (χ0) is 36.6. The lowest BCUT2D eigenvalue weighted by molar-refractivity contribution is -0.162. The van der Waals surface area contributed by atoms with E-state index in [4.69, 9.17) is 20.9 Å². The molecule has 0 radical (unpaired) electrons. The van der Waals surface area contributed by atoms with Crippen LogP contribution in [0.4, 0.5) is 26.3 Å². The SMILES string of the molecule is CC(C)(C)OC(=O)C(N)(CCC[C@](N)(C(=O)O)C(=O)OCC1c2ccccc2-c2ccccc21)Cc1cc(C(F)(F)F)cc(C(F)(F)F)c1. The zero-order valence-electron chi connectivity index (χ0n) is 26.9. The van der Waals surface area contributed by atoms with Gasteiger partial charge in [-0.15, -0.1) is 0 Å². The van der Waals surface area contributed by atoms with Crippen LogP contribution >= 0.6 is 0 Å². The fourth-order valence-electron chi connectivity index (χ4n) is 5.83. The van der Waals surface area contributed by atoms with Crippen LogP contribution < -0.4 is 11.5 Å². The minimum absolute atomic E-state index is 0.0564. The Balaban J connectivity index is 1.56. The summed E-state index contributed by atoms with van der Waals surface area (Å²) < 4.78 is 92.1. The van der Waals surface area contributed by atoms with Crippen molar-refractivity contribution < 1.29 is 55.3 Å². The molecule has 0 saturated carbocycles. The smallest absolute Gasteiger partial charge is 0.416 e. The number of ether oxygens (including phenoxy) is 2. The lowest BCUT2D eigenvalue weighted by Gasteiger charge is -2.32. The summed E-state index contributed by atoms with van der Waals surface area (Å²) >= 11 is 0. The number of aliphatic carboxylic acids is 1. The number of hydrogen-bond donors (Lipinski definition) is 3. The summed E-state index contributed by atoms with van der Waals surface area (Å²) in [6.45, 7) is 4.19. The fraction of sp³-hybridized carbons (Fsp3) is 0.400. The topological polar surface area (TPSA) is 142 Å². The monoisotopic (exact) mass is 694 g/mol. The highest BCUT2D eigenvalue weighted by atomic mass is 19.4. The number of benzene rings is 3. The number of fused-ring (bicyclic) bond motifs is 3. The van der Waals surface area contributed by atoms with Crippen LogP contribution in [0.2, 0.25) is 0 Å². The third-order valence-corrected chi connectivity index (χ3v) is 8.26. The van der Waals surface area contributed by atoms with Crippen molar-refractivity contribution in [3.05, 3.63) is 94.5 Å². The highest BCUT2D eigenvalue weighted by molar-refractivity contribution is 6.03. The second-order valence-electron chi connectivity index (χ2n) is 13.2. The van der Waals surface area contributed by atoms with E-state index >= 15 is 0 Å². The molecule has 0 heterocycles. The summed E-state index contributed by atoms with van der Waals surface area (Å²) in [6, 6.07) is 15.7. The molecule has 0 bridgehead atoms. The standard InChI is InChI=1S/C35H36F6N2O6/c1-31(2,3)49-29(46)32(42,18-20-15-21(34(36,37)38)17-22(16-20)35(39,40)41)13-8-14-33(43,28(44)45)30(47)48-19-27-25-11-6-4-9-23(25)24-10-5-7-12-26(24)27/h4-7,9-12,15-17,27H,8,13-14,18-19,42-43H2,1-3H3,(H,44,45)/t32?,33-/m0/s1. The van der Waals surface area contributed by atoms with Crippen molar-refractivity contribution in [1.29, 1.82) is 0 Å². The Hall–Kier alpha value is -4.43. The van der Waals surface area contributed by atoms with Gasteiger partial charge in [0.25, 0.3) is 0 Å². The van der Waals surface area contributed by atoms with Gasteiger partial charge >= 0.3 is 30.3 Å². The van der Waals surface area contributed by atoms with Gasteiger partial charge in [0.15, 0.2) is 0 Å². The molecule has 3 aromatic rings. The summed E-state index contributed by atoms with van der Waals surface area (Å²) in [5.74, 6) is -4.61. The van der Waals surface area contributed by atoms with Crippen LogP contribution in [0.1, 0.15) is 73.8 Å². The van der Waals surface area contributed by atoms with Crippen molar-refractivity contribution >= 4 is 17.9 Å². The predicted octanol–water partition coefficient (Wildman–Crippen LogP) is 6.61. The maximum atomic E-state index is 13.5. The molecule has 1 aliphatic carbocycles. The molecule has 0 saturated heterocycles. The lowest BCUT2D eigenvalue weighted by Crippen LogP contribution is -2.57. The Kier molecular flexibility index (Phi) is 10.3. The third-order valence-electron chi connectivity index (χ3n) is 8.26. The average Bonchev–Trinajstić information content (AvgIpc) is 3.31. The minimum atomic E-state index is -5.15. The van der Waals surface area contributed by atoms with E-state index in [0.717, 1.165) is 22.3 Å². The Morgan fingerprint density at radius 2 is 1.24 bits per heavy atom. The summed E-state index contributed by atoms with van der Waals surface area (Å²) in [4.78, 5) is 38.9. The maximum Gasteiger partial charge on any atom is 0.416 e. The fourth-order valence-corrected chi connectivity index (χ4v) is 5.83. The summed E-state index contributed by atoms with van der Waals surface area (Å²) in [5, 5.41) is 9.99. The van der Waals surface area contributed by atoms with Gasteiger partial charge in [-0.1, -0.05) is 48.5 Å². The molecule has 1 unspecified atom stereocenters. The molecule has 264 valence electrons. The van der Waals surface area contributed by atoms with Crippen LogP contribution in [-0.4, -0.2) is 46.3 Å². The number of alkyl halides is 6. The Morgan fingerprint density at radius 1 is 0.755 bits per heavy atom. The number of carboxylic acid groups (broad SMARTS) is 1. The van der Waals surface area contributed by atoms with E-state index in [0.29, 0.717) is 12.1 Å². The van der Waals surface area contributed by atoms with Crippen molar-refractivity contribution in [3.8, 4) is 11.1 Å². The maximum absolute atomic E-state index is 13.5. The second kappa shape index (κ2) is 13.5. The molecule has 0 aliphatic heterocycles. The van der Waals surface area contributed by atoms with Crippen LogP contribution in [-0.2, 0) is 42.6 Å². The molecule has 5 N–H and O–H groups in total. The van der Waals surface area contributed by atoms with Crippen molar-refractivity contribution in [2.45, 2.75) is 81.4 Å². The first-order valence-corrected chi connectivity index (χ1v) is 15.2. The van der Waals surface area contributed by atoms with E-state index in [1.807, 2.05) is 48.5 Å². The van der Waals surface area contributed by atoms with Crippen LogP contribution in [0.25, 0.3) is 11.1 Å². The second-order valence-corrected chi connectivity index (χ2v) is 13.2. The summed E-state index contributed by atoms with van der Waals surface area (Å²) in [5.41, 5.74) is 6.22. The van der Waals surface area contributed by atoms with E-state index in [1.165, 1.54) is 20.8 Å². The predicted molar refractivity (Wildman–Crippen MR) is 166 cm³/mol. The van der Waals surface area contributed by atoms with E-state index in [-0.39, 0.29) is 19.1 Å². The molecule has 8 nitrogen and oxygen atoms in total. The molecular weight excluding hydrogens is 658 g/mol. The number of nitrogens with two attached hydrogens (primary N) is 2. The van der Waals surface area contributed by atoms with Gasteiger partial charge < -0.3 is 26.0 Å². The van der Waals surface area contributed by atoms with Crippen LogP contribution in [0.3, 0.4) is 0 Å². The molecule has 4 rings (SSSR count). The minimum Gasteiger partial charge on any atom is -0.479 e. The Labute approximate surface area is 278 Å². The van der Waals surface area contributed by atoms with Gasteiger partial charge in [-0.2, -0.15) is 26.3 Å². The molecule has 1 aliphatic rings. The molecule has 0 aromatic heterocycles. The number of hydrogen-bond acceptors (Lipinski definition) is 7. The van der Waals surface area contributed by atoms with E-state index < -0.39 is 88.8 Å². The van der Waals surface area contributed by atoms with Gasteiger partial charge in [0.1, 0.15) is 17.7 Å². The molecule has 14 heteroatoms. The highest BCUT2D eigenvalue weighted by Gasteiger charge is 2.46. The highest BCUT2D eigenvalue weighted by Crippen LogP contribution is 2.45. The van der Waals surface area contributed by atoms with Crippen LogP contribution in [0, 0.1) is 0 Å². The Morgan fingerprint density at radius 3 is 1.69 bits per heavy atom. The van der Waals surface area contributed by atoms with E-state index in [2.05, 4.69) is 0 Å². The summed E-state index contributed by atoms with van der Waals surface area (Å²) in [7, 11) is 0. The van der Waals surface area contributed by atoms with Crippen molar-refractivity contribution in [1.82, 2.24) is 0 Å². The van der Waals surface area contributed by atoms with Crippen LogP contribution in [0.5, 0.6) is 0 Å². The molecule has 49 heavy (non-hydrogen) atoms. The van der Waals surface area contributed by atoms with Crippen LogP contribution in [0.15, 0.2) is 66.7 Å². The van der Waals surface area contributed by atoms with Crippen molar-refractivity contribution in [2.75, 3.05) is 6.61 Å². The van der Waals surface area contributed by atoms with E-state index in [9.17, 15) is 45.8 Å². The first kappa shape index (κ1) is 37.4. The third kappa shape index (κ3) is 8.42. The zero-order valence-corrected chi connectivity index (χ0v) is 26.9. The van der Waals surface area contributed by atoms with Gasteiger partial charge in [0, 0.05) is 12.3 Å². The molecular formula is C35H36F6N2O6. The molecule has 3 aromatic carbocycles. The molecule has 0 spiro atoms.